The lowest BCUT2D eigenvalue weighted by Crippen LogP contribution is -2.02. The molecule has 0 aliphatic heterocycles. The van der Waals surface area contributed by atoms with Crippen LogP contribution in [0.3, 0.4) is 0 Å². The van der Waals surface area contributed by atoms with Crippen molar-refractivity contribution in [3.8, 4) is 11.5 Å². The third kappa shape index (κ3) is 2.98. The molecule has 0 fully saturated rings. The summed E-state index contributed by atoms with van der Waals surface area (Å²) >= 11 is 6.17. The number of hydrogen-bond donors (Lipinski definition) is 1. The Bertz CT molecular complexity index is 543. The molecule has 0 aliphatic carbocycles. The van der Waals surface area contributed by atoms with Crippen molar-refractivity contribution < 1.29 is 9.47 Å². The Labute approximate surface area is 116 Å². The van der Waals surface area contributed by atoms with Gasteiger partial charge in [-0.15, -0.1) is 0 Å². The Morgan fingerprint density at radius 3 is 2.58 bits per heavy atom. The van der Waals surface area contributed by atoms with Gasteiger partial charge in [-0.1, -0.05) is 18.5 Å². The summed E-state index contributed by atoms with van der Waals surface area (Å²) in [6.45, 7) is 2.09. The van der Waals surface area contributed by atoms with Crippen LogP contribution in [0.2, 0.25) is 5.02 Å². The lowest BCUT2D eigenvalue weighted by atomic mass is 9.95. The van der Waals surface area contributed by atoms with Gasteiger partial charge in [0.1, 0.15) is 11.5 Å². The first-order chi connectivity index (χ1) is 9.15. The molecule has 0 saturated carbocycles. The molecule has 5 nitrogen and oxygen atoms in total. The lowest BCUT2D eigenvalue weighted by molar-refractivity contribution is 0.389. The molecule has 1 atom stereocenters. The zero-order valence-corrected chi connectivity index (χ0v) is 11.9. The summed E-state index contributed by atoms with van der Waals surface area (Å²) in [5.74, 6) is 1.58. The molecule has 2 aromatic rings. The minimum absolute atomic E-state index is 0.212. The van der Waals surface area contributed by atoms with Gasteiger partial charge in [0.25, 0.3) is 0 Å². The number of methoxy groups -OCH3 is 2. The minimum atomic E-state index is 0.212. The SMILES string of the molecule is COc1cc(OC)c(C(C)Cc2cn[nH]n2)cc1Cl. The Morgan fingerprint density at radius 2 is 2.00 bits per heavy atom. The number of nitrogens with one attached hydrogen (secondary N) is 1. The zero-order chi connectivity index (χ0) is 13.8. The van der Waals surface area contributed by atoms with Crippen molar-refractivity contribution in [3.63, 3.8) is 0 Å². The maximum absolute atomic E-state index is 6.17. The number of halogens is 1. The summed E-state index contributed by atoms with van der Waals surface area (Å²) in [5.41, 5.74) is 1.93. The van der Waals surface area contributed by atoms with Crippen LogP contribution in [-0.2, 0) is 6.42 Å². The largest absolute Gasteiger partial charge is 0.496 e. The highest BCUT2D eigenvalue weighted by Crippen LogP contribution is 2.37. The highest BCUT2D eigenvalue weighted by atomic mass is 35.5. The summed E-state index contributed by atoms with van der Waals surface area (Å²) in [7, 11) is 3.22. The van der Waals surface area contributed by atoms with E-state index in [4.69, 9.17) is 21.1 Å². The first-order valence-corrected chi connectivity index (χ1v) is 6.29. The van der Waals surface area contributed by atoms with Crippen molar-refractivity contribution in [2.75, 3.05) is 14.2 Å². The van der Waals surface area contributed by atoms with Gasteiger partial charge >= 0.3 is 0 Å². The van der Waals surface area contributed by atoms with E-state index in [0.29, 0.717) is 10.8 Å². The van der Waals surface area contributed by atoms with E-state index < -0.39 is 0 Å². The maximum atomic E-state index is 6.17. The van der Waals surface area contributed by atoms with Crippen LogP contribution in [0.5, 0.6) is 11.5 Å². The Morgan fingerprint density at radius 1 is 1.26 bits per heavy atom. The van der Waals surface area contributed by atoms with Gasteiger partial charge in [0.15, 0.2) is 0 Å². The normalized spacial score (nSPS) is 12.2. The van der Waals surface area contributed by atoms with E-state index in [1.165, 1.54) is 0 Å². The molecule has 0 aliphatic rings. The summed E-state index contributed by atoms with van der Waals surface area (Å²) in [6, 6.07) is 3.68. The highest BCUT2D eigenvalue weighted by molar-refractivity contribution is 6.32. The van der Waals surface area contributed by atoms with E-state index in [-0.39, 0.29) is 5.92 Å². The van der Waals surface area contributed by atoms with Crippen molar-refractivity contribution >= 4 is 11.6 Å². The number of aromatic nitrogens is 3. The molecule has 1 aromatic heterocycles. The monoisotopic (exact) mass is 281 g/mol. The highest BCUT2D eigenvalue weighted by Gasteiger charge is 2.16. The van der Waals surface area contributed by atoms with Crippen molar-refractivity contribution in [1.82, 2.24) is 15.4 Å². The number of rotatable bonds is 5. The summed E-state index contributed by atoms with van der Waals surface area (Å²) in [4.78, 5) is 0. The number of H-pyrrole nitrogens is 1. The van der Waals surface area contributed by atoms with E-state index in [0.717, 1.165) is 23.4 Å². The second-order valence-electron chi connectivity index (χ2n) is 4.30. The topological polar surface area (TPSA) is 60.0 Å². The smallest absolute Gasteiger partial charge is 0.141 e. The maximum Gasteiger partial charge on any atom is 0.141 e. The Kier molecular flexibility index (Phi) is 4.27. The van der Waals surface area contributed by atoms with Crippen molar-refractivity contribution in [1.29, 1.82) is 0 Å². The van der Waals surface area contributed by atoms with Gasteiger partial charge in [-0.05, 0) is 24.0 Å². The molecule has 1 N–H and O–H groups in total. The van der Waals surface area contributed by atoms with Crippen LogP contribution in [0.15, 0.2) is 18.3 Å². The fourth-order valence-electron chi connectivity index (χ4n) is 2.02. The lowest BCUT2D eigenvalue weighted by Gasteiger charge is -2.16. The average molecular weight is 282 g/mol. The van der Waals surface area contributed by atoms with Gasteiger partial charge in [0, 0.05) is 6.07 Å². The number of hydrogen-bond acceptors (Lipinski definition) is 4. The van der Waals surface area contributed by atoms with E-state index in [9.17, 15) is 0 Å². The molecule has 0 spiro atoms. The van der Waals surface area contributed by atoms with Crippen LogP contribution in [0.25, 0.3) is 0 Å². The zero-order valence-electron chi connectivity index (χ0n) is 11.1. The van der Waals surface area contributed by atoms with E-state index in [1.54, 1.807) is 26.5 Å². The molecular formula is C13H16ClN3O2. The van der Waals surface area contributed by atoms with Gasteiger partial charge in [0.2, 0.25) is 0 Å². The van der Waals surface area contributed by atoms with Gasteiger partial charge in [-0.25, -0.2) is 0 Å². The molecule has 19 heavy (non-hydrogen) atoms. The molecule has 1 unspecified atom stereocenters. The number of aromatic amines is 1. The van der Waals surface area contributed by atoms with Crippen LogP contribution in [-0.4, -0.2) is 29.6 Å². The third-order valence-electron chi connectivity index (χ3n) is 3.02. The molecule has 0 radical (unpaired) electrons. The fraction of sp³-hybridized carbons (Fsp3) is 0.385. The predicted octanol–water partition coefficient (Wildman–Crippen LogP) is 2.82. The molecule has 1 aromatic carbocycles. The third-order valence-corrected chi connectivity index (χ3v) is 3.31. The second-order valence-corrected chi connectivity index (χ2v) is 4.70. The predicted molar refractivity (Wildman–Crippen MR) is 73.1 cm³/mol. The molecule has 2 rings (SSSR count). The number of ether oxygens (including phenoxy) is 2. The van der Waals surface area contributed by atoms with Crippen molar-refractivity contribution in [3.05, 3.63) is 34.6 Å². The first-order valence-electron chi connectivity index (χ1n) is 5.91. The Balaban J connectivity index is 2.30. The van der Waals surface area contributed by atoms with E-state index in [2.05, 4.69) is 22.3 Å². The molecule has 0 saturated heterocycles. The Hall–Kier alpha value is -1.75. The molecule has 0 bridgehead atoms. The molecule has 1 heterocycles. The minimum Gasteiger partial charge on any atom is -0.496 e. The molecule has 6 heteroatoms. The van der Waals surface area contributed by atoms with Gasteiger partial charge in [0.05, 0.1) is 31.1 Å². The second kappa shape index (κ2) is 5.93. The standard InChI is InChI=1S/C13H16ClN3O2/c1-8(4-9-7-15-17-16-9)10-5-11(14)13(19-3)6-12(10)18-2/h5-8H,4H2,1-3H3,(H,15,16,17). The van der Waals surface area contributed by atoms with Crippen LogP contribution >= 0.6 is 11.6 Å². The van der Waals surface area contributed by atoms with Gasteiger partial charge in [-0.2, -0.15) is 15.4 Å². The van der Waals surface area contributed by atoms with Crippen LogP contribution in [0.4, 0.5) is 0 Å². The van der Waals surface area contributed by atoms with Crippen LogP contribution in [0, 0.1) is 0 Å². The first kappa shape index (κ1) is 13.7. The van der Waals surface area contributed by atoms with Crippen LogP contribution < -0.4 is 9.47 Å². The number of nitrogens with zero attached hydrogens (tertiary/aromatic N) is 2. The summed E-state index contributed by atoms with van der Waals surface area (Å²) in [6.07, 6.45) is 2.48. The molecule has 0 amide bonds. The quantitative estimate of drug-likeness (QED) is 0.915. The van der Waals surface area contributed by atoms with Gasteiger partial charge < -0.3 is 9.47 Å². The van der Waals surface area contributed by atoms with E-state index >= 15 is 0 Å². The summed E-state index contributed by atoms with van der Waals surface area (Å²) in [5, 5.41) is 11.0. The summed E-state index contributed by atoms with van der Waals surface area (Å²) < 4.78 is 10.6. The number of benzene rings is 1. The molecular weight excluding hydrogens is 266 g/mol. The van der Waals surface area contributed by atoms with Crippen LogP contribution in [0.1, 0.15) is 24.1 Å². The average Bonchev–Trinajstić information content (AvgIpc) is 2.91. The van der Waals surface area contributed by atoms with Crippen molar-refractivity contribution in [2.45, 2.75) is 19.3 Å². The van der Waals surface area contributed by atoms with E-state index in [1.807, 2.05) is 6.07 Å². The fourth-order valence-corrected chi connectivity index (χ4v) is 2.27. The van der Waals surface area contributed by atoms with Gasteiger partial charge in [-0.3, -0.25) is 0 Å². The van der Waals surface area contributed by atoms with Crippen molar-refractivity contribution in [2.24, 2.45) is 0 Å². The molecule has 102 valence electrons.